The van der Waals surface area contributed by atoms with Crippen LogP contribution in [-0.2, 0) is 4.79 Å². The second-order valence-electron chi connectivity index (χ2n) is 2.13. The predicted molar refractivity (Wildman–Crippen MR) is 38.9 cm³/mol. The molecule has 1 atom stereocenters. The summed E-state index contributed by atoms with van der Waals surface area (Å²) < 4.78 is 0. The third-order valence-corrected chi connectivity index (χ3v) is 1.21. The Morgan fingerprint density at radius 3 is 2.27 bits per heavy atom. The highest BCUT2D eigenvalue weighted by atomic mass is 16.3. The maximum absolute atomic E-state index is 10.9. The van der Waals surface area contributed by atoms with Crippen LogP contribution in [-0.4, -0.2) is 42.1 Å². The number of urea groups is 1. The lowest BCUT2D eigenvalue weighted by molar-refractivity contribution is -0.135. The molecule has 0 aliphatic heterocycles. The van der Waals surface area contributed by atoms with E-state index in [1.54, 1.807) is 0 Å². The van der Waals surface area contributed by atoms with E-state index in [0.717, 1.165) is 4.90 Å². The third-order valence-electron chi connectivity index (χ3n) is 1.21. The molecule has 64 valence electrons. The van der Waals surface area contributed by atoms with E-state index in [1.807, 2.05) is 0 Å². The van der Waals surface area contributed by atoms with Gasteiger partial charge in [0.1, 0.15) is 6.10 Å². The Hall–Kier alpha value is -1.10. The van der Waals surface area contributed by atoms with Gasteiger partial charge in [0.25, 0.3) is 5.91 Å². The van der Waals surface area contributed by atoms with Gasteiger partial charge in [-0.1, -0.05) is 0 Å². The quantitative estimate of drug-likeness (QED) is 0.525. The average molecular weight is 160 g/mol. The molecule has 0 aromatic heterocycles. The van der Waals surface area contributed by atoms with Crippen LogP contribution in [0.2, 0.25) is 0 Å². The van der Waals surface area contributed by atoms with Gasteiger partial charge in [0.05, 0.1) is 0 Å². The van der Waals surface area contributed by atoms with Gasteiger partial charge in [0.15, 0.2) is 0 Å². The van der Waals surface area contributed by atoms with Gasteiger partial charge >= 0.3 is 6.03 Å². The Balaban J connectivity index is 4.13. The summed E-state index contributed by atoms with van der Waals surface area (Å²) in [5.41, 5.74) is 0. The highest BCUT2D eigenvalue weighted by molar-refractivity contribution is 5.95. The van der Waals surface area contributed by atoms with Gasteiger partial charge in [-0.2, -0.15) is 0 Å². The minimum Gasteiger partial charge on any atom is -0.384 e. The van der Waals surface area contributed by atoms with E-state index in [9.17, 15) is 9.59 Å². The summed E-state index contributed by atoms with van der Waals surface area (Å²) in [6.45, 7) is 1.31. The van der Waals surface area contributed by atoms with Crippen molar-refractivity contribution in [2.75, 3.05) is 14.1 Å². The molecule has 0 heterocycles. The summed E-state index contributed by atoms with van der Waals surface area (Å²) in [5, 5.41) is 11.0. The monoisotopic (exact) mass is 160 g/mol. The largest absolute Gasteiger partial charge is 0.384 e. The van der Waals surface area contributed by atoms with Gasteiger partial charge in [-0.3, -0.25) is 9.69 Å². The van der Waals surface area contributed by atoms with Crippen molar-refractivity contribution in [2.45, 2.75) is 13.0 Å². The zero-order valence-corrected chi connectivity index (χ0v) is 6.79. The van der Waals surface area contributed by atoms with Crippen molar-refractivity contribution in [2.24, 2.45) is 0 Å². The smallest absolute Gasteiger partial charge is 0.323 e. The fourth-order valence-corrected chi connectivity index (χ4v) is 0.548. The van der Waals surface area contributed by atoms with Crippen LogP contribution < -0.4 is 5.32 Å². The lowest BCUT2D eigenvalue weighted by atomic mass is 10.3. The lowest BCUT2D eigenvalue weighted by Gasteiger charge is -2.15. The molecule has 0 saturated carbocycles. The maximum Gasteiger partial charge on any atom is 0.323 e. The zero-order valence-electron chi connectivity index (χ0n) is 6.79. The number of aliphatic hydroxyl groups is 1. The van der Waals surface area contributed by atoms with E-state index in [1.165, 1.54) is 21.0 Å². The molecule has 5 nitrogen and oxygen atoms in total. The Morgan fingerprint density at radius 1 is 1.55 bits per heavy atom. The molecule has 1 unspecified atom stereocenters. The Kier molecular flexibility index (Phi) is 3.53. The highest BCUT2D eigenvalue weighted by Gasteiger charge is 2.19. The maximum atomic E-state index is 10.9. The summed E-state index contributed by atoms with van der Waals surface area (Å²) in [4.78, 5) is 22.4. The highest BCUT2D eigenvalue weighted by Crippen LogP contribution is 1.90. The molecule has 3 amide bonds. The first kappa shape index (κ1) is 9.90. The number of aliphatic hydroxyl groups excluding tert-OH is 1. The molecule has 2 N–H and O–H groups in total. The molecule has 0 rings (SSSR count). The van der Waals surface area contributed by atoms with Crippen molar-refractivity contribution >= 4 is 11.9 Å². The second-order valence-corrected chi connectivity index (χ2v) is 2.13. The number of hydrogen-bond acceptors (Lipinski definition) is 3. The standard InChI is InChI=1S/C6H12N2O3/c1-4(9)5(10)8(3)6(11)7-2/h4,9H,1-3H3,(H,7,11). The first-order chi connectivity index (χ1) is 5.00. The average Bonchev–Trinajstić information content (AvgIpc) is 2.00. The summed E-state index contributed by atoms with van der Waals surface area (Å²) in [6.07, 6.45) is -1.14. The van der Waals surface area contributed by atoms with Crippen LogP contribution >= 0.6 is 0 Å². The Labute approximate surface area is 65.0 Å². The normalized spacial score (nSPS) is 12.0. The summed E-state index contributed by atoms with van der Waals surface area (Å²) >= 11 is 0. The molecule has 0 aliphatic carbocycles. The zero-order chi connectivity index (χ0) is 9.02. The van der Waals surface area contributed by atoms with Crippen molar-refractivity contribution < 1.29 is 14.7 Å². The number of imide groups is 1. The minimum atomic E-state index is -1.14. The van der Waals surface area contributed by atoms with Gasteiger partial charge in [-0.05, 0) is 6.92 Å². The van der Waals surface area contributed by atoms with Crippen LogP contribution in [0.5, 0.6) is 0 Å². The molecule has 0 aliphatic rings. The van der Waals surface area contributed by atoms with Crippen molar-refractivity contribution in [3.05, 3.63) is 0 Å². The first-order valence-electron chi connectivity index (χ1n) is 3.18. The molecule has 5 heteroatoms. The van der Waals surface area contributed by atoms with Crippen LogP contribution in [0.25, 0.3) is 0 Å². The first-order valence-corrected chi connectivity index (χ1v) is 3.18. The number of hydrogen-bond donors (Lipinski definition) is 2. The third kappa shape index (κ3) is 2.55. The van der Waals surface area contributed by atoms with E-state index in [0.29, 0.717) is 0 Å². The van der Waals surface area contributed by atoms with Crippen LogP contribution in [0.3, 0.4) is 0 Å². The lowest BCUT2D eigenvalue weighted by Crippen LogP contribution is -2.43. The number of amides is 3. The van der Waals surface area contributed by atoms with Gasteiger partial charge in [-0.25, -0.2) is 4.79 Å². The van der Waals surface area contributed by atoms with Crippen molar-refractivity contribution in [3.8, 4) is 0 Å². The minimum absolute atomic E-state index is 0.532. The van der Waals surface area contributed by atoms with E-state index >= 15 is 0 Å². The van der Waals surface area contributed by atoms with Gasteiger partial charge in [0, 0.05) is 14.1 Å². The summed E-state index contributed by atoms with van der Waals surface area (Å²) in [6, 6.07) is -0.532. The van der Waals surface area contributed by atoms with E-state index < -0.39 is 18.0 Å². The fourth-order valence-electron chi connectivity index (χ4n) is 0.548. The molecule has 0 aromatic carbocycles. The Bertz CT molecular complexity index is 167. The number of nitrogens with one attached hydrogen (secondary N) is 1. The van der Waals surface area contributed by atoms with Crippen molar-refractivity contribution in [1.82, 2.24) is 10.2 Å². The van der Waals surface area contributed by atoms with Crippen LogP contribution in [0.4, 0.5) is 4.79 Å². The molecular weight excluding hydrogens is 148 g/mol. The number of nitrogens with zero attached hydrogens (tertiary/aromatic N) is 1. The molecule has 0 aromatic rings. The van der Waals surface area contributed by atoms with Crippen LogP contribution in [0.1, 0.15) is 6.92 Å². The van der Waals surface area contributed by atoms with Crippen molar-refractivity contribution in [1.29, 1.82) is 0 Å². The van der Waals surface area contributed by atoms with E-state index in [-0.39, 0.29) is 0 Å². The molecule has 0 bridgehead atoms. The Morgan fingerprint density at radius 2 is 2.00 bits per heavy atom. The van der Waals surface area contributed by atoms with E-state index in [4.69, 9.17) is 5.11 Å². The van der Waals surface area contributed by atoms with Crippen molar-refractivity contribution in [3.63, 3.8) is 0 Å². The molecule has 0 saturated heterocycles. The SMILES string of the molecule is CNC(=O)N(C)C(=O)C(C)O. The number of likely N-dealkylation sites (N-methyl/N-ethyl adjacent to an activating group) is 1. The predicted octanol–water partition coefficient (Wildman–Crippen LogP) is -0.835. The van der Waals surface area contributed by atoms with Gasteiger partial charge in [-0.15, -0.1) is 0 Å². The van der Waals surface area contributed by atoms with Gasteiger partial charge in [0.2, 0.25) is 0 Å². The summed E-state index contributed by atoms with van der Waals surface area (Å²) in [5.74, 6) is -0.621. The van der Waals surface area contributed by atoms with Crippen LogP contribution in [0.15, 0.2) is 0 Å². The summed E-state index contributed by atoms with van der Waals surface area (Å²) in [7, 11) is 2.71. The topological polar surface area (TPSA) is 69.6 Å². The van der Waals surface area contributed by atoms with E-state index in [2.05, 4.69) is 5.32 Å². The molecule has 0 fully saturated rings. The fraction of sp³-hybridized carbons (Fsp3) is 0.667. The number of carbonyl (C=O) groups is 2. The number of carbonyl (C=O) groups excluding carboxylic acids is 2. The molecule has 0 spiro atoms. The molecular formula is C6H12N2O3. The van der Waals surface area contributed by atoms with Gasteiger partial charge < -0.3 is 10.4 Å². The molecule has 11 heavy (non-hydrogen) atoms. The number of rotatable bonds is 1. The second kappa shape index (κ2) is 3.92. The van der Waals surface area contributed by atoms with Crippen LogP contribution in [0, 0.1) is 0 Å². The molecule has 0 radical (unpaired) electrons.